The molecular formula is C18H21FN2O2. The van der Waals surface area contributed by atoms with Crippen molar-refractivity contribution in [2.45, 2.75) is 38.0 Å². The summed E-state index contributed by atoms with van der Waals surface area (Å²) in [6.07, 6.45) is 9.29. The topological polar surface area (TPSA) is 41.6 Å². The minimum absolute atomic E-state index is 0.185. The molecule has 0 saturated carbocycles. The van der Waals surface area contributed by atoms with E-state index < -0.39 is 0 Å². The molecule has 2 fully saturated rings. The Kier molecular flexibility index (Phi) is 4.82. The Balaban J connectivity index is 1.53. The summed E-state index contributed by atoms with van der Waals surface area (Å²) in [5.41, 5.74) is 0.847. The van der Waals surface area contributed by atoms with E-state index in [2.05, 4.69) is 11.2 Å². The lowest BCUT2D eigenvalue weighted by atomic mass is 9.89. The predicted octanol–water partition coefficient (Wildman–Crippen LogP) is 2.54. The third kappa shape index (κ3) is 3.83. The zero-order valence-electron chi connectivity index (χ0n) is 13.0. The fourth-order valence-corrected chi connectivity index (χ4v) is 3.41. The number of terminal acetylenes is 1. The van der Waals surface area contributed by atoms with Crippen molar-refractivity contribution in [3.63, 3.8) is 0 Å². The Morgan fingerprint density at radius 3 is 2.78 bits per heavy atom. The first kappa shape index (κ1) is 15.8. The Morgan fingerprint density at radius 1 is 1.39 bits per heavy atom. The van der Waals surface area contributed by atoms with Crippen LogP contribution in [-0.4, -0.2) is 36.2 Å². The van der Waals surface area contributed by atoms with E-state index in [1.807, 2.05) is 0 Å². The highest BCUT2D eigenvalue weighted by Gasteiger charge is 2.40. The molecule has 2 bridgehead atoms. The molecule has 2 aliphatic rings. The molecule has 1 aromatic carbocycles. The zero-order chi connectivity index (χ0) is 16.2. The Labute approximate surface area is 136 Å². The van der Waals surface area contributed by atoms with Crippen LogP contribution < -0.4 is 5.32 Å². The molecule has 122 valence electrons. The van der Waals surface area contributed by atoms with E-state index in [4.69, 9.17) is 11.2 Å². The van der Waals surface area contributed by atoms with Crippen molar-refractivity contribution < 1.29 is 13.9 Å². The van der Waals surface area contributed by atoms with Gasteiger partial charge in [0.05, 0.1) is 18.8 Å². The lowest BCUT2D eigenvalue weighted by molar-refractivity contribution is 0.0924. The van der Waals surface area contributed by atoms with E-state index in [0.717, 1.165) is 24.8 Å². The maximum absolute atomic E-state index is 13.0. The van der Waals surface area contributed by atoms with Crippen molar-refractivity contribution in [1.29, 1.82) is 0 Å². The predicted molar refractivity (Wildman–Crippen MR) is 85.0 cm³/mol. The number of rotatable bonds is 5. The Morgan fingerprint density at radius 2 is 2.17 bits per heavy atom. The summed E-state index contributed by atoms with van der Waals surface area (Å²) in [5, 5.41) is 2.96. The van der Waals surface area contributed by atoms with Gasteiger partial charge in [0.2, 0.25) is 0 Å². The molecule has 2 saturated heterocycles. The number of carbonyl (C=O) groups excluding carboxylic acids is 1. The van der Waals surface area contributed by atoms with Gasteiger partial charge in [0.25, 0.3) is 0 Å². The van der Waals surface area contributed by atoms with Gasteiger partial charge in [-0.2, -0.15) is 0 Å². The highest BCUT2D eigenvalue weighted by atomic mass is 19.1. The fourth-order valence-electron chi connectivity index (χ4n) is 3.41. The third-order valence-electron chi connectivity index (χ3n) is 4.60. The number of hydrogen-bond acceptors (Lipinski definition) is 2. The molecule has 0 aliphatic carbocycles. The standard InChI is InChI=1S/C18H21FN2O2/c1-2-9-21(12-13-3-5-15(19)6-4-13)18(22)20-11-14-10-16-7-8-17(14)23-16/h1,3-6,14,16-17H,7-12H2,(H,20,22)/t14-,16+,17+/m0/s1. The lowest BCUT2D eigenvalue weighted by Crippen LogP contribution is -2.43. The van der Waals surface area contributed by atoms with Gasteiger partial charge < -0.3 is 15.0 Å². The number of amides is 2. The van der Waals surface area contributed by atoms with Crippen LogP contribution in [-0.2, 0) is 11.3 Å². The van der Waals surface area contributed by atoms with Crippen LogP contribution in [0.1, 0.15) is 24.8 Å². The molecule has 0 radical (unpaired) electrons. The number of ether oxygens (including phenoxy) is 1. The summed E-state index contributed by atoms with van der Waals surface area (Å²) in [7, 11) is 0. The molecule has 4 nitrogen and oxygen atoms in total. The van der Waals surface area contributed by atoms with Crippen LogP contribution in [0, 0.1) is 24.1 Å². The van der Waals surface area contributed by atoms with Gasteiger partial charge in [0.1, 0.15) is 5.82 Å². The van der Waals surface area contributed by atoms with Gasteiger partial charge in [-0.3, -0.25) is 0 Å². The normalized spacial score (nSPS) is 25.1. The third-order valence-corrected chi connectivity index (χ3v) is 4.60. The van der Waals surface area contributed by atoms with Crippen molar-refractivity contribution in [2.75, 3.05) is 13.1 Å². The van der Waals surface area contributed by atoms with Crippen molar-refractivity contribution >= 4 is 6.03 Å². The van der Waals surface area contributed by atoms with E-state index in [-0.39, 0.29) is 18.4 Å². The van der Waals surface area contributed by atoms with E-state index in [1.54, 1.807) is 17.0 Å². The minimum Gasteiger partial charge on any atom is -0.375 e. The molecule has 0 aromatic heterocycles. The molecule has 2 aliphatic heterocycles. The van der Waals surface area contributed by atoms with E-state index in [1.165, 1.54) is 12.1 Å². The molecule has 23 heavy (non-hydrogen) atoms. The maximum Gasteiger partial charge on any atom is 0.318 e. The molecule has 0 unspecified atom stereocenters. The first-order chi connectivity index (χ1) is 11.2. The van der Waals surface area contributed by atoms with Crippen molar-refractivity contribution in [1.82, 2.24) is 10.2 Å². The lowest BCUT2D eigenvalue weighted by Gasteiger charge is -2.24. The van der Waals surface area contributed by atoms with Crippen LogP contribution in [0.25, 0.3) is 0 Å². The van der Waals surface area contributed by atoms with Crippen LogP contribution in [0.4, 0.5) is 9.18 Å². The summed E-state index contributed by atoms with van der Waals surface area (Å²) in [5.74, 6) is 2.61. The van der Waals surface area contributed by atoms with Gasteiger partial charge in [0, 0.05) is 19.0 Å². The van der Waals surface area contributed by atoms with Crippen LogP contribution in [0.2, 0.25) is 0 Å². The van der Waals surface area contributed by atoms with Gasteiger partial charge in [0.15, 0.2) is 0 Å². The smallest absolute Gasteiger partial charge is 0.318 e. The van der Waals surface area contributed by atoms with Crippen LogP contribution in [0.15, 0.2) is 24.3 Å². The van der Waals surface area contributed by atoms with E-state index in [0.29, 0.717) is 31.2 Å². The number of halogens is 1. The second kappa shape index (κ2) is 7.01. The van der Waals surface area contributed by atoms with Gasteiger partial charge >= 0.3 is 6.03 Å². The Bertz CT molecular complexity index is 596. The number of benzene rings is 1. The van der Waals surface area contributed by atoms with E-state index >= 15 is 0 Å². The molecular weight excluding hydrogens is 295 g/mol. The summed E-state index contributed by atoms with van der Waals surface area (Å²) in [6.45, 7) is 1.20. The first-order valence-corrected chi connectivity index (χ1v) is 8.02. The summed E-state index contributed by atoms with van der Waals surface area (Å²) < 4.78 is 18.8. The number of fused-ring (bicyclic) bond motifs is 2. The van der Waals surface area contributed by atoms with Crippen molar-refractivity contribution in [2.24, 2.45) is 5.92 Å². The molecule has 2 amide bonds. The number of hydrogen-bond donors (Lipinski definition) is 1. The number of nitrogens with one attached hydrogen (secondary N) is 1. The average molecular weight is 316 g/mol. The van der Waals surface area contributed by atoms with Gasteiger partial charge in [-0.25, -0.2) is 9.18 Å². The van der Waals surface area contributed by atoms with Crippen LogP contribution in [0.3, 0.4) is 0 Å². The minimum atomic E-state index is -0.294. The van der Waals surface area contributed by atoms with Crippen molar-refractivity contribution in [3.05, 3.63) is 35.6 Å². The molecule has 1 aromatic rings. The molecule has 5 heteroatoms. The van der Waals surface area contributed by atoms with Gasteiger partial charge in [-0.05, 0) is 37.0 Å². The van der Waals surface area contributed by atoms with Crippen molar-refractivity contribution in [3.8, 4) is 12.3 Å². The second-order valence-corrected chi connectivity index (χ2v) is 6.24. The van der Waals surface area contributed by atoms with Crippen LogP contribution in [0.5, 0.6) is 0 Å². The zero-order valence-corrected chi connectivity index (χ0v) is 13.0. The summed E-state index contributed by atoms with van der Waals surface area (Å²) in [6, 6.07) is 5.91. The molecule has 3 rings (SSSR count). The number of carbonyl (C=O) groups is 1. The molecule has 0 spiro atoms. The monoisotopic (exact) mass is 316 g/mol. The van der Waals surface area contributed by atoms with Gasteiger partial charge in [-0.15, -0.1) is 6.42 Å². The first-order valence-electron chi connectivity index (χ1n) is 8.02. The average Bonchev–Trinajstić information content (AvgIpc) is 3.17. The number of nitrogens with zero attached hydrogens (tertiary/aromatic N) is 1. The fraction of sp³-hybridized carbons (Fsp3) is 0.500. The SMILES string of the molecule is C#CCN(Cc1ccc(F)cc1)C(=O)NC[C@@H]1C[C@H]2CC[C@H]1O2. The van der Waals surface area contributed by atoms with E-state index in [9.17, 15) is 9.18 Å². The highest BCUT2D eigenvalue weighted by Crippen LogP contribution is 2.38. The van der Waals surface area contributed by atoms with Crippen LogP contribution >= 0.6 is 0 Å². The molecule has 2 heterocycles. The Hall–Kier alpha value is -2.06. The van der Waals surface area contributed by atoms with Gasteiger partial charge in [-0.1, -0.05) is 18.1 Å². The highest BCUT2D eigenvalue weighted by molar-refractivity contribution is 5.74. The second-order valence-electron chi connectivity index (χ2n) is 6.24. The summed E-state index contributed by atoms with van der Waals surface area (Å²) >= 11 is 0. The maximum atomic E-state index is 13.0. The largest absolute Gasteiger partial charge is 0.375 e. The number of urea groups is 1. The molecule has 3 atom stereocenters. The molecule has 1 N–H and O–H groups in total. The quantitative estimate of drug-likeness (QED) is 0.848. The summed E-state index contributed by atoms with van der Waals surface area (Å²) in [4.78, 5) is 13.9.